The van der Waals surface area contributed by atoms with Crippen molar-refractivity contribution in [1.82, 2.24) is 4.90 Å². The number of ether oxygens (including phenoxy) is 1. The van der Waals surface area contributed by atoms with Crippen LogP contribution in [0.3, 0.4) is 0 Å². The van der Waals surface area contributed by atoms with Crippen LogP contribution >= 0.6 is 0 Å². The molecule has 0 bridgehead atoms. The number of Topliss-reactive ketones (excluding diaryl/α,β-unsaturated/α-hetero) is 4. The highest BCUT2D eigenvalue weighted by atomic mass is 16.6. The predicted molar refractivity (Wildman–Crippen MR) is 155 cm³/mol. The molecule has 0 spiro atoms. The highest BCUT2D eigenvalue weighted by molar-refractivity contribution is 6.38. The Labute approximate surface area is 245 Å². The third kappa shape index (κ3) is 8.45. The summed E-state index contributed by atoms with van der Waals surface area (Å²) >= 11 is 0. The molecule has 3 rings (SSSR count). The van der Waals surface area contributed by atoms with Crippen molar-refractivity contribution in [2.24, 2.45) is 29.1 Å². The van der Waals surface area contributed by atoms with Crippen LogP contribution in [-0.4, -0.2) is 58.1 Å². The van der Waals surface area contributed by atoms with Gasteiger partial charge in [-0.15, -0.1) is 6.58 Å². The van der Waals surface area contributed by atoms with E-state index in [2.05, 4.69) is 20.4 Å². The number of fused-ring (bicyclic) bond motifs is 3. The van der Waals surface area contributed by atoms with Crippen LogP contribution in [0.25, 0.3) is 0 Å². The molecule has 8 heteroatoms. The first-order valence-corrected chi connectivity index (χ1v) is 15.4. The van der Waals surface area contributed by atoms with Crippen molar-refractivity contribution in [1.29, 1.82) is 0 Å². The van der Waals surface area contributed by atoms with Gasteiger partial charge >= 0.3 is 5.97 Å². The van der Waals surface area contributed by atoms with Crippen molar-refractivity contribution in [3.05, 3.63) is 12.7 Å². The van der Waals surface area contributed by atoms with Gasteiger partial charge < -0.3 is 9.64 Å². The number of rotatable bonds is 7. The van der Waals surface area contributed by atoms with Crippen molar-refractivity contribution in [3.63, 3.8) is 0 Å². The van der Waals surface area contributed by atoms with Gasteiger partial charge in [-0.3, -0.25) is 28.8 Å². The fourth-order valence-electron chi connectivity index (χ4n) is 6.81. The Morgan fingerprint density at radius 2 is 1.71 bits per heavy atom. The molecule has 1 amide bonds. The minimum Gasteiger partial charge on any atom is -0.460 e. The molecule has 1 saturated carbocycles. The van der Waals surface area contributed by atoms with E-state index in [-0.39, 0.29) is 66.8 Å². The predicted octanol–water partition coefficient (Wildman–Crippen LogP) is 5.20. The summed E-state index contributed by atoms with van der Waals surface area (Å²) in [6.07, 6.45) is 6.12. The zero-order valence-corrected chi connectivity index (χ0v) is 25.7. The van der Waals surface area contributed by atoms with Crippen LogP contribution in [0.1, 0.15) is 112 Å². The summed E-state index contributed by atoms with van der Waals surface area (Å²) < 4.78 is 5.50. The maximum atomic E-state index is 14.0. The summed E-state index contributed by atoms with van der Waals surface area (Å²) in [6.45, 7) is 13.5. The largest absolute Gasteiger partial charge is 0.460 e. The minimum atomic E-state index is -0.768. The van der Waals surface area contributed by atoms with E-state index in [4.69, 9.17) is 4.74 Å². The van der Waals surface area contributed by atoms with Crippen LogP contribution in [-0.2, 0) is 33.5 Å². The normalized spacial score (nSPS) is 29.3. The number of hydrogen-bond acceptors (Lipinski definition) is 7. The molecule has 0 unspecified atom stereocenters. The maximum Gasteiger partial charge on any atom is 0.307 e. The second kappa shape index (κ2) is 13.6. The molecule has 0 aromatic heterocycles. The molecule has 1 aliphatic carbocycles. The highest BCUT2D eigenvalue weighted by Crippen LogP contribution is 2.65. The molecule has 41 heavy (non-hydrogen) atoms. The van der Waals surface area contributed by atoms with Crippen molar-refractivity contribution in [2.45, 2.75) is 123 Å². The lowest BCUT2D eigenvalue weighted by Gasteiger charge is -2.33. The first-order chi connectivity index (χ1) is 19.2. The van der Waals surface area contributed by atoms with Gasteiger partial charge in [0.25, 0.3) is 0 Å². The van der Waals surface area contributed by atoms with Gasteiger partial charge in [0.05, 0.1) is 12.5 Å². The second-order valence-corrected chi connectivity index (χ2v) is 13.9. The smallest absolute Gasteiger partial charge is 0.307 e. The van der Waals surface area contributed by atoms with E-state index in [1.807, 2.05) is 0 Å². The summed E-state index contributed by atoms with van der Waals surface area (Å²) in [5.41, 5.74) is -0.829. The quantitative estimate of drug-likeness (QED) is 0.234. The number of carbonyl (C=O) groups excluding carboxylic acids is 6. The SMILES string of the molecule is C=CCCC(=O)C(=O)[C@@H]1CCCCCCC(=O)CC[C@H](CC(=O)OC(C)(C)C)C(=O)N2C[C@H]3[C@@H]([C@H]2C(=O)C1)C3(C)C. The molecule has 0 aromatic carbocycles. The van der Waals surface area contributed by atoms with Gasteiger partial charge in [-0.1, -0.05) is 39.2 Å². The Bertz CT molecular complexity index is 1050. The molecule has 8 nitrogen and oxygen atoms in total. The maximum absolute atomic E-state index is 14.0. The molecule has 3 fully saturated rings. The van der Waals surface area contributed by atoms with Crippen molar-refractivity contribution in [2.75, 3.05) is 6.54 Å². The summed E-state index contributed by atoms with van der Waals surface area (Å²) in [5, 5.41) is 0. The lowest BCUT2D eigenvalue weighted by molar-refractivity contribution is -0.159. The third-order valence-electron chi connectivity index (χ3n) is 9.20. The second-order valence-electron chi connectivity index (χ2n) is 13.9. The van der Waals surface area contributed by atoms with Crippen LogP contribution in [0.15, 0.2) is 12.7 Å². The Kier molecular flexibility index (Phi) is 10.9. The average Bonchev–Trinajstić information content (AvgIpc) is 3.21. The van der Waals surface area contributed by atoms with Crippen LogP contribution in [0, 0.1) is 29.1 Å². The van der Waals surface area contributed by atoms with Crippen molar-refractivity contribution < 1.29 is 33.5 Å². The van der Waals surface area contributed by atoms with E-state index in [1.165, 1.54) is 0 Å². The van der Waals surface area contributed by atoms with E-state index >= 15 is 0 Å². The molecular formula is C33H49NO7. The Balaban J connectivity index is 1.90. The lowest BCUT2D eigenvalue weighted by atomic mass is 9.84. The number of amides is 1. The molecule has 228 valence electrons. The first kappa shape index (κ1) is 32.9. The topological polar surface area (TPSA) is 115 Å². The average molecular weight is 572 g/mol. The van der Waals surface area contributed by atoms with E-state index < -0.39 is 41.0 Å². The van der Waals surface area contributed by atoms with Gasteiger partial charge in [-0.2, -0.15) is 0 Å². The van der Waals surface area contributed by atoms with E-state index in [9.17, 15) is 28.8 Å². The molecule has 0 radical (unpaired) electrons. The molecule has 2 saturated heterocycles. The van der Waals surface area contributed by atoms with Gasteiger partial charge in [0, 0.05) is 44.1 Å². The third-order valence-corrected chi connectivity index (χ3v) is 9.20. The fraction of sp³-hybridized carbons (Fsp3) is 0.758. The van der Waals surface area contributed by atoms with Crippen LogP contribution in [0.2, 0.25) is 0 Å². The number of nitrogens with zero attached hydrogens (tertiary/aromatic N) is 1. The first-order valence-electron chi connectivity index (χ1n) is 15.4. The van der Waals surface area contributed by atoms with E-state index in [1.54, 1.807) is 31.7 Å². The Hall–Kier alpha value is -2.64. The monoisotopic (exact) mass is 571 g/mol. The highest BCUT2D eigenvalue weighted by Gasteiger charge is 2.69. The molecular weight excluding hydrogens is 522 g/mol. The Morgan fingerprint density at radius 3 is 2.37 bits per heavy atom. The Morgan fingerprint density at radius 1 is 1.02 bits per heavy atom. The number of hydrogen-bond donors (Lipinski definition) is 0. The van der Waals surface area contributed by atoms with E-state index in [0.717, 1.165) is 12.8 Å². The number of esters is 1. The zero-order chi connectivity index (χ0) is 30.5. The number of ketones is 4. The van der Waals surface area contributed by atoms with Gasteiger partial charge in [0.2, 0.25) is 11.7 Å². The summed E-state index contributed by atoms with van der Waals surface area (Å²) in [6, 6.07) is -0.703. The number of carbonyl (C=O) groups is 6. The molecule has 3 aliphatic rings. The lowest BCUT2D eigenvalue weighted by Crippen LogP contribution is -2.49. The van der Waals surface area contributed by atoms with Gasteiger partial charge in [0.15, 0.2) is 11.6 Å². The molecule has 0 N–H and O–H groups in total. The zero-order valence-electron chi connectivity index (χ0n) is 25.7. The van der Waals surface area contributed by atoms with Crippen LogP contribution < -0.4 is 0 Å². The summed E-state index contributed by atoms with van der Waals surface area (Å²) in [7, 11) is 0. The summed E-state index contributed by atoms with van der Waals surface area (Å²) in [5.74, 6) is -3.31. The summed E-state index contributed by atoms with van der Waals surface area (Å²) in [4.78, 5) is 80.9. The van der Waals surface area contributed by atoms with Gasteiger partial charge in [-0.25, -0.2) is 0 Å². The molecule has 5 atom stereocenters. The molecule has 0 aromatic rings. The standard InChI is InChI=1S/C33H49NO7/c1-7-8-15-25(36)30(39)21-13-11-9-10-12-14-23(35)17-16-22(19-27(38)41-32(2,3)4)31(40)34-20-24-28(33(24,5)6)29(34)26(37)18-21/h7,21-22,24,28-29H,1,8-20H2,2-6H3/t21-,22-,24+,28+,29-/m1/s1. The van der Waals surface area contributed by atoms with Gasteiger partial charge in [-0.05, 0) is 63.7 Å². The van der Waals surface area contributed by atoms with Crippen molar-refractivity contribution in [3.8, 4) is 0 Å². The minimum absolute atomic E-state index is 0.0335. The van der Waals surface area contributed by atoms with Gasteiger partial charge in [0.1, 0.15) is 11.4 Å². The number of allylic oxidation sites excluding steroid dienone is 1. The number of piperidine rings is 1. The van der Waals surface area contributed by atoms with E-state index in [0.29, 0.717) is 38.6 Å². The molecule has 2 aliphatic heterocycles. The molecule has 2 heterocycles. The van der Waals surface area contributed by atoms with Crippen LogP contribution in [0.5, 0.6) is 0 Å². The van der Waals surface area contributed by atoms with Crippen LogP contribution in [0.4, 0.5) is 0 Å². The fourth-order valence-corrected chi connectivity index (χ4v) is 6.81. The van der Waals surface area contributed by atoms with Crippen molar-refractivity contribution >= 4 is 35.0 Å².